The third kappa shape index (κ3) is 3.92. The zero-order valence-electron chi connectivity index (χ0n) is 16.8. The van der Waals surface area contributed by atoms with Crippen molar-refractivity contribution in [2.45, 2.75) is 12.5 Å². The van der Waals surface area contributed by atoms with Crippen LogP contribution in [0.5, 0.6) is 5.75 Å². The van der Waals surface area contributed by atoms with Crippen molar-refractivity contribution >= 4 is 34.6 Å². The Bertz CT molecular complexity index is 1180. The maximum atomic E-state index is 12.5. The number of amidine groups is 1. The second kappa shape index (κ2) is 8.28. The lowest BCUT2D eigenvalue weighted by molar-refractivity contribution is -0.113. The average Bonchev–Trinajstić information content (AvgIpc) is 3.55. The van der Waals surface area contributed by atoms with Crippen LogP contribution in [0.15, 0.2) is 92.4 Å². The van der Waals surface area contributed by atoms with Gasteiger partial charge in [0.1, 0.15) is 11.5 Å². The maximum absolute atomic E-state index is 12.5. The van der Waals surface area contributed by atoms with E-state index < -0.39 is 0 Å². The first kappa shape index (κ1) is 19.4. The molecule has 0 bridgehead atoms. The number of carbonyl (C=O) groups is 1. The molecule has 0 spiro atoms. The van der Waals surface area contributed by atoms with Gasteiger partial charge in [0.2, 0.25) is 0 Å². The van der Waals surface area contributed by atoms with Crippen molar-refractivity contribution in [2.24, 2.45) is 10.1 Å². The zero-order chi connectivity index (χ0) is 21.2. The lowest BCUT2D eigenvalue weighted by Gasteiger charge is -2.22. The van der Waals surface area contributed by atoms with Gasteiger partial charge in [0.15, 0.2) is 5.17 Å². The Balaban J connectivity index is 1.48. The summed E-state index contributed by atoms with van der Waals surface area (Å²) in [5.74, 6) is 1.13. The molecule has 1 amide bonds. The van der Waals surface area contributed by atoms with E-state index in [0.717, 1.165) is 22.6 Å². The van der Waals surface area contributed by atoms with E-state index in [-0.39, 0.29) is 11.9 Å². The van der Waals surface area contributed by atoms with E-state index in [4.69, 9.17) is 14.3 Å². The summed E-state index contributed by atoms with van der Waals surface area (Å²) in [6, 6.07) is 21.5. The van der Waals surface area contributed by atoms with E-state index in [1.165, 1.54) is 11.8 Å². The molecule has 0 aliphatic carbocycles. The summed E-state index contributed by atoms with van der Waals surface area (Å²) in [6.45, 7) is 0. The first-order valence-corrected chi connectivity index (χ1v) is 10.6. The summed E-state index contributed by atoms with van der Waals surface area (Å²) in [7, 11) is 1.65. The minimum atomic E-state index is -0.284. The molecule has 7 heteroatoms. The van der Waals surface area contributed by atoms with Gasteiger partial charge in [-0.15, -0.1) is 0 Å². The highest BCUT2D eigenvalue weighted by molar-refractivity contribution is 8.18. The van der Waals surface area contributed by atoms with E-state index in [2.05, 4.69) is 4.99 Å². The predicted molar refractivity (Wildman–Crippen MR) is 122 cm³/mol. The quantitative estimate of drug-likeness (QED) is 0.539. The monoisotopic (exact) mass is 429 g/mol. The molecule has 2 aliphatic rings. The number of aliphatic imine (C=N–C) groups is 1. The molecular weight excluding hydrogens is 410 g/mol. The molecule has 2 aliphatic heterocycles. The second-order valence-electron chi connectivity index (χ2n) is 7.08. The summed E-state index contributed by atoms with van der Waals surface area (Å²) in [6.07, 6.45) is 4.00. The SMILES string of the molecule is COc1ccc(C2CC(c3ccccc3)=NN2C2=NC(=O)/C(=C/c3ccco3)S2)cc1. The van der Waals surface area contributed by atoms with Gasteiger partial charge in [0, 0.05) is 12.5 Å². The minimum Gasteiger partial charge on any atom is -0.497 e. The normalized spacial score (nSPS) is 19.6. The number of hydrogen-bond acceptors (Lipinski definition) is 6. The molecule has 0 N–H and O–H groups in total. The second-order valence-corrected chi connectivity index (χ2v) is 8.09. The number of benzene rings is 2. The number of methoxy groups -OCH3 is 1. The van der Waals surface area contributed by atoms with Crippen LogP contribution in [0.2, 0.25) is 0 Å². The van der Waals surface area contributed by atoms with Gasteiger partial charge >= 0.3 is 0 Å². The molecule has 1 aromatic heterocycles. The molecule has 31 heavy (non-hydrogen) atoms. The molecule has 0 saturated carbocycles. The van der Waals surface area contributed by atoms with Crippen LogP contribution in [0, 0.1) is 0 Å². The molecule has 1 unspecified atom stereocenters. The zero-order valence-corrected chi connectivity index (χ0v) is 17.6. The van der Waals surface area contributed by atoms with Crippen molar-refractivity contribution in [3.05, 3.63) is 94.8 Å². The van der Waals surface area contributed by atoms with Crippen molar-refractivity contribution in [3.63, 3.8) is 0 Å². The smallest absolute Gasteiger partial charge is 0.286 e. The first-order chi connectivity index (χ1) is 15.2. The van der Waals surface area contributed by atoms with E-state index >= 15 is 0 Å². The van der Waals surface area contributed by atoms with Crippen LogP contribution in [0.4, 0.5) is 0 Å². The van der Waals surface area contributed by atoms with Crippen LogP contribution in [-0.4, -0.2) is 28.9 Å². The van der Waals surface area contributed by atoms with E-state index in [1.54, 1.807) is 31.6 Å². The fraction of sp³-hybridized carbons (Fsp3) is 0.125. The molecule has 0 radical (unpaired) electrons. The highest BCUT2D eigenvalue weighted by Crippen LogP contribution is 2.39. The Morgan fingerprint density at radius 2 is 1.90 bits per heavy atom. The van der Waals surface area contributed by atoms with Crippen LogP contribution in [-0.2, 0) is 4.79 Å². The summed E-state index contributed by atoms with van der Waals surface area (Å²) < 4.78 is 10.6. The van der Waals surface area contributed by atoms with Gasteiger partial charge in [-0.3, -0.25) is 4.79 Å². The highest BCUT2D eigenvalue weighted by Gasteiger charge is 2.36. The van der Waals surface area contributed by atoms with Gasteiger partial charge in [-0.25, -0.2) is 5.01 Å². The molecule has 1 atom stereocenters. The summed E-state index contributed by atoms with van der Waals surface area (Å²) >= 11 is 1.31. The number of hydrogen-bond donors (Lipinski definition) is 0. The number of furan rings is 1. The average molecular weight is 430 g/mol. The number of rotatable bonds is 4. The number of amides is 1. The third-order valence-electron chi connectivity index (χ3n) is 5.14. The predicted octanol–water partition coefficient (Wildman–Crippen LogP) is 5.11. The van der Waals surface area contributed by atoms with Gasteiger partial charge in [-0.1, -0.05) is 42.5 Å². The fourth-order valence-electron chi connectivity index (χ4n) is 3.58. The number of nitrogens with zero attached hydrogens (tertiary/aromatic N) is 3. The fourth-order valence-corrected chi connectivity index (χ4v) is 4.47. The van der Waals surface area contributed by atoms with Crippen molar-refractivity contribution in [2.75, 3.05) is 7.11 Å². The van der Waals surface area contributed by atoms with Crippen LogP contribution in [0.25, 0.3) is 6.08 Å². The van der Waals surface area contributed by atoms with Crippen molar-refractivity contribution in [1.82, 2.24) is 5.01 Å². The Hall–Kier alpha value is -3.58. The van der Waals surface area contributed by atoms with E-state index in [9.17, 15) is 4.79 Å². The van der Waals surface area contributed by atoms with Crippen molar-refractivity contribution in [1.29, 1.82) is 0 Å². The molecule has 2 aromatic carbocycles. The van der Waals surface area contributed by atoms with Crippen molar-refractivity contribution in [3.8, 4) is 5.75 Å². The van der Waals surface area contributed by atoms with Gasteiger partial charge in [0.25, 0.3) is 5.91 Å². The third-order valence-corrected chi connectivity index (χ3v) is 6.11. The first-order valence-electron chi connectivity index (χ1n) is 9.83. The van der Waals surface area contributed by atoms with E-state index in [1.807, 2.05) is 59.6 Å². The lowest BCUT2D eigenvalue weighted by atomic mass is 9.98. The summed E-state index contributed by atoms with van der Waals surface area (Å²) in [5, 5.41) is 7.29. The van der Waals surface area contributed by atoms with Gasteiger partial charge in [-0.05, 0) is 47.2 Å². The number of carbonyl (C=O) groups excluding carboxylic acids is 1. The minimum absolute atomic E-state index is 0.0666. The Kier molecular flexibility index (Phi) is 5.18. The topological polar surface area (TPSA) is 67.4 Å². The van der Waals surface area contributed by atoms with Gasteiger partial charge < -0.3 is 9.15 Å². The molecule has 0 fully saturated rings. The lowest BCUT2D eigenvalue weighted by Crippen LogP contribution is -2.23. The van der Waals surface area contributed by atoms with Crippen LogP contribution in [0.1, 0.15) is 29.3 Å². The summed E-state index contributed by atoms with van der Waals surface area (Å²) in [5.41, 5.74) is 3.10. The van der Waals surface area contributed by atoms with Crippen molar-refractivity contribution < 1.29 is 13.9 Å². The molecular formula is C24H19N3O3S. The Morgan fingerprint density at radius 1 is 1.10 bits per heavy atom. The number of ether oxygens (including phenoxy) is 1. The molecule has 154 valence electrons. The Labute approximate surface area is 183 Å². The van der Waals surface area contributed by atoms with Crippen LogP contribution >= 0.6 is 11.8 Å². The number of hydrazone groups is 1. The molecule has 6 nitrogen and oxygen atoms in total. The molecule has 3 aromatic rings. The number of thioether (sulfide) groups is 1. The van der Waals surface area contributed by atoms with Gasteiger partial charge in [0.05, 0.1) is 30.0 Å². The van der Waals surface area contributed by atoms with E-state index in [0.29, 0.717) is 22.3 Å². The van der Waals surface area contributed by atoms with Crippen LogP contribution in [0.3, 0.4) is 0 Å². The maximum Gasteiger partial charge on any atom is 0.286 e. The molecule has 3 heterocycles. The summed E-state index contributed by atoms with van der Waals surface area (Å²) in [4.78, 5) is 17.3. The standard InChI is InChI=1S/C24H19N3O3S/c1-29-18-11-9-17(10-12-18)21-15-20(16-6-3-2-4-7-16)26-27(21)24-25-23(28)22(31-24)14-19-8-5-13-30-19/h2-14,21H,15H2,1H3/b22-14-. The van der Waals surface area contributed by atoms with Crippen LogP contribution < -0.4 is 4.74 Å². The van der Waals surface area contributed by atoms with Gasteiger partial charge in [-0.2, -0.15) is 10.1 Å². The largest absolute Gasteiger partial charge is 0.497 e. The molecule has 5 rings (SSSR count). The Morgan fingerprint density at radius 3 is 2.61 bits per heavy atom. The molecule has 0 saturated heterocycles. The highest BCUT2D eigenvalue weighted by atomic mass is 32.2.